The minimum atomic E-state index is -0.906. The molecule has 0 spiro atoms. The first-order chi connectivity index (χ1) is 13.7. The normalized spacial score (nSPS) is 10.8. The Labute approximate surface area is 169 Å². The van der Waals surface area contributed by atoms with E-state index >= 15 is 0 Å². The van der Waals surface area contributed by atoms with Crippen LogP contribution in [0.5, 0.6) is 5.75 Å². The van der Waals surface area contributed by atoms with Crippen molar-refractivity contribution in [2.45, 2.75) is 71.1 Å². The number of benzene rings is 2. The third-order valence-corrected chi connectivity index (χ3v) is 5.09. The fourth-order valence-electron chi connectivity index (χ4n) is 3.39. The largest absolute Gasteiger partial charge is 0.493 e. The Balaban J connectivity index is 1.70. The maximum absolute atomic E-state index is 11.0. The summed E-state index contributed by atoms with van der Waals surface area (Å²) in [5.41, 5.74) is 2.28. The Morgan fingerprint density at radius 2 is 1.36 bits per heavy atom. The lowest BCUT2D eigenvalue weighted by Crippen LogP contribution is -1.99. The lowest BCUT2D eigenvalue weighted by atomic mass is 10.0. The number of aromatic carboxylic acids is 1. The summed E-state index contributed by atoms with van der Waals surface area (Å²) >= 11 is 0. The lowest BCUT2D eigenvalue weighted by molar-refractivity contribution is 0.0697. The van der Waals surface area contributed by atoms with E-state index in [9.17, 15) is 4.79 Å². The van der Waals surface area contributed by atoms with Gasteiger partial charge in [-0.1, -0.05) is 95.0 Å². The summed E-state index contributed by atoms with van der Waals surface area (Å²) in [4.78, 5) is 11.0. The zero-order valence-corrected chi connectivity index (χ0v) is 17.2. The third kappa shape index (κ3) is 7.75. The van der Waals surface area contributed by atoms with Crippen LogP contribution in [0.1, 0.15) is 81.5 Å². The minimum absolute atomic E-state index is 0.299. The van der Waals surface area contributed by atoms with Crippen molar-refractivity contribution in [2.24, 2.45) is 0 Å². The van der Waals surface area contributed by atoms with Gasteiger partial charge in [0.15, 0.2) is 0 Å². The molecule has 152 valence electrons. The van der Waals surface area contributed by atoms with Crippen molar-refractivity contribution >= 4 is 5.97 Å². The molecule has 0 aliphatic heterocycles. The molecule has 28 heavy (non-hydrogen) atoms. The summed E-state index contributed by atoms with van der Waals surface area (Å²) in [7, 11) is 0. The molecule has 0 saturated carbocycles. The van der Waals surface area contributed by atoms with Crippen LogP contribution in [0.25, 0.3) is 11.1 Å². The van der Waals surface area contributed by atoms with Gasteiger partial charge in [-0.05, 0) is 30.2 Å². The molecule has 0 aromatic heterocycles. The molecule has 3 heteroatoms. The molecule has 0 amide bonds. The Kier molecular flexibility index (Phi) is 10.2. The van der Waals surface area contributed by atoms with Crippen molar-refractivity contribution in [1.82, 2.24) is 0 Å². The Morgan fingerprint density at radius 1 is 0.786 bits per heavy atom. The monoisotopic (exact) mass is 382 g/mol. The molecule has 0 aliphatic rings. The van der Waals surface area contributed by atoms with Crippen LogP contribution >= 0.6 is 0 Å². The highest BCUT2D eigenvalue weighted by Crippen LogP contribution is 2.30. The zero-order valence-electron chi connectivity index (χ0n) is 17.2. The van der Waals surface area contributed by atoms with Crippen molar-refractivity contribution in [1.29, 1.82) is 0 Å². The van der Waals surface area contributed by atoms with Gasteiger partial charge in [0.25, 0.3) is 0 Å². The fraction of sp³-hybridized carbons (Fsp3) is 0.480. The molecule has 3 nitrogen and oxygen atoms in total. The summed E-state index contributed by atoms with van der Waals surface area (Å²) in [6.07, 6.45) is 13.1. The molecule has 0 bridgehead atoms. The summed E-state index contributed by atoms with van der Waals surface area (Å²) < 4.78 is 6.02. The van der Waals surface area contributed by atoms with Crippen LogP contribution in [0.2, 0.25) is 0 Å². The summed E-state index contributed by atoms with van der Waals surface area (Å²) in [5, 5.41) is 9.05. The van der Waals surface area contributed by atoms with Gasteiger partial charge < -0.3 is 9.84 Å². The van der Waals surface area contributed by atoms with Crippen LogP contribution in [0, 0.1) is 0 Å². The van der Waals surface area contributed by atoms with Crippen LogP contribution in [-0.4, -0.2) is 17.7 Å². The third-order valence-electron chi connectivity index (χ3n) is 5.09. The number of unbranched alkanes of at least 4 members (excludes halogenated alkanes) is 9. The Hall–Kier alpha value is -2.29. The van der Waals surface area contributed by atoms with E-state index in [4.69, 9.17) is 9.84 Å². The molecular formula is C25H34O3. The van der Waals surface area contributed by atoms with Gasteiger partial charge in [0, 0.05) is 5.56 Å². The molecule has 0 fully saturated rings. The SMILES string of the molecule is CCCCCCCCCCCCOc1ccccc1-c1ccc(C(=O)O)cc1. The summed E-state index contributed by atoms with van der Waals surface area (Å²) in [5.74, 6) is -0.0430. The first-order valence-electron chi connectivity index (χ1n) is 10.8. The zero-order chi connectivity index (χ0) is 20.0. The number of ether oxygens (including phenoxy) is 1. The topological polar surface area (TPSA) is 46.5 Å². The molecule has 0 atom stereocenters. The quantitative estimate of drug-likeness (QED) is 0.347. The van der Waals surface area contributed by atoms with Crippen molar-refractivity contribution in [2.75, 3.05) is 6.61 Å². The predicted molar refractivity (Wildman–Crippen MR) is 116 cm³/mol. The Bertz CT molecular complexity index is 691. The molecule has 2 aromatic carbocycles. The van der Waals surface area contributed by atoms with E-state index in [1.54, 1.807) is 12.1 Å². The van der Waals surface area contributed by atoms with E-state index in [-0.39, 0.29) is 0 Å². The van der Waals surface area contributed by atoms with E-state index in [2.05, 4.69) is 6.92 Å². The molecule has 0 heterocycles. The second-order valence-electron chi connectivity index (χ2n) is 7.41. The van der Waals surface area contributed by atoms with Crippen LogP contribution in [0.4, 0.5) is 0 Å². The van der Waals surface area contributed by atoms with E-state index in [1.807, 2.05) is 36.4 Å². The van der Waals surface area contributed by atoms with Gasteiger partial charge in [0.1, 0.15) is 5.75 Å². The smallest absolute Gasteiger partial charge is 0.335 e. The minimum Gasteiger partial charge on any atom is -0.493 e. The molecule has 0 aliphatic carbocycles. The summed E-state index contributed by atoms with van der Waals surface area (Å²) in [6.45, 7) is 2.98. The average Bonchev–Trinajstić information content (AvgIpc) is 2.72. The number of carbonyl (C=O) groups is 1. The second-order valence-corrected chi connectivity index (χ2v) is 7.41. The number of hydrogen-bond acceptors (Lipinski definition) is 2. The standard InChI is InChI=1S/C25H34O3/c1-2-3-4-5-6-7-8-9-10-13-20-28-24-15-12-11-14-23(24)21-16-18-22(19-17-21)25(26)27/h11-12,14-19H,2-10,13,20H2,1H3,(H,26,27). The number of rotatable bonds is 14. The molecular weight excluding hydrogens is 348 g/mol. The van der Waals surface area contributed by atoms with E-state index in [1.165, 1.54) is 57.8 Å². The van der Waals surface area contributed by atoms with E-state index < -0.39 is 5.97 Å². The highest BCUT2D eigenvalue weighted by molar-refractivity contribution is 5.88. The van der Waals surface area contributed by atoms with Crippen LogP contribution < -0.4 is 4.74 Å². The van der Waals surface area contributed by atoms with E-state index in [0.29, 0.717) is 5.56 Å². The van der Waals surface area contributed by atoms with Crippen molar-refractivity contribution in [3.63, 3.8) is 0 Å². The van der Waals surface area contributed by atoms with Gasteiger partial charge in [0.2, 0.25) is 0 Å². The first-order valence-corrected chi connectivity index (χ1v) is 10.8. The van der Waals surface area contributed by atoms with Crippen molar-refractivity contribution < 1.29 is 14.6 Å². The second kappa shape index (κ2) is 13.0. The van der Waals surface area contributed by atoms with Crippen LogP contribution in [0.3, 0.4) is 0 Å². The highest BCUT2D eigenvalue weighted by atomic mass is 16.5. The Morgan fingerprint density at radius 3 is 1.96 bits per heavy atom. The summed E-state index contributed by atoms with van der Waals surface area (Å²) in [6, 6.07) is 14.9. The maximum atomic E-state index is 11.0. The van der Waals surface area contributed by atoms with Crippen molar-refractivity contribution in [3.8, 4) is 16.9 Å². The van der Waals surface area contributed by atoms with Crippen LogP contribution in [-0.2, 0) is 0 Å². The molecule has 2 rings (SSSR count). The molecule has 1 N–H and O–H groups in total. The van der Waals surface area contributed by atoms with Gasteiger partial charge in [-0.25, -0.2) is 4.79 Å². The van der Waals surface area contributed by atoms with E-state index in [0.717, 1.165) is 29.9 Å². The van der Waals surface area contributed by atoms with Gasteiger partial charge >= 0.3 is 5.97 Å². The maximum Gasteiger partial charge on any atom is 0.335 e. The molecule has 2 aromatic rings. The highest BCUT2D eigenvalue weighted by Gasteiger charge is 2.07. The number of carboxylic acids is 1. The molecule has 0 unspecified atom stereocenters. The first kappa shape index (κ1) is 22.0. The van der Waals surface area contributed by atoms with Gasteiger partial charge in [-0.3, -0.25) is 0 Å². The van der Waals surface area contributed by atoms with Gasteiger partial charge in [-0.15, -0.1) is 0 Å². The van der Waals surface area contributed by atoms with Gasteiger partial charge in [-0.2, -0.15) is 0 Å². The number of hydrogen-bond donors (Lipinski definition) is 1. The lowest BCUT2D eigenvalue weighted by Gasteiger charge is -2.12. The number of para-hydroxylation sites is 1. The number of carboxylic acid groups (broad SMARTS) is 1. The molecule has 0 radical (unpaired) electrons. The van der Waals surface area contributed by atoms with Gasteiger partial charge in [0.05, 0.1) is 12.2 Å². The predicted octanol–water partition coefficient (Wildman–Crippen LogP) is 7.35. The average molecular weight is 383 g/mol. The van der Waals surface area contributed by atoms with Crippen LogP contribution in [0.15, 0.2) is 48.5 Å². The molecule has 0 saturated heterocycles. The fourth-order valence-corrected chi connectivity index (χ4v) is 3.39. The van der Waals surface area contributed by atoms with Crippen molar-refractivity contribution in [3.05, 3.63) is 54.1 Å².